The van der Waals surface area contributed by atoms with Crippen LogP contribution < -0.4 is 5.32 Å². The first-order valence-electron chi connectivity index (χ1n) is 9.23. The maximum absolute atomic E-state index is 12.4. The summed E-state index contributed by atoms with van der Waals surface area (Å²) in [5, 5.41) is 3.23. The summed E-state index contributed by atoms with van der Waals surface area (Å²) in [7, 11) is 0. The highest BCUT2D eigenvalue weighted by Gasteiger charge is 2.33. The maximum Gasteiger partial charge on any atom is 0.223 e. The monoisotopic (exact) mass is 314 g/mol. The molecule has 1 amide bonds. The number of piperidine rings is 1. The minimum absolute atomic E-state index is 0.176. The molecule has 2 unspecified atom stereocenters. The average molecular weight is 314 g/mol. The first-order valence-corrected chi connectivity index (χ1v) is 9.23. The lowest BCUT2D eigenvalue weighted by Gasteiger charge is -2.35. The fourth-order valence-electron chi connectivity index (χ4n) is 3.64. The largest absolute Gasteiger partial charge is 0.354 e. The molecule has 1 aromatic carbocycles. The van der Waals surface area contributed by atoms with E-state index < -0.39 is 0 Å². The molecule has 0 bridgehead atoms. The molecule has 1 saturated heterocycles. The van der Waals surface area contributed by atoms with Crippen LogP contribution >= 0.6 is 0 Å². The van der Waals surface area contributed by atoms with Gasteiger partial charge < -0.3 is 5.32 Å². The average Bonchev–Trinajstić information content (AvgIpc) is 3.41. The first kappa shape index (κ1) is 16.5. The summed E-state index contributed by atoms with van der Waals surface area (Å²) in [4.78, 5) is 14.9. The van der Waals surface area contributed by atoms with Gasteiger partial charge in [0, 0.05) is 12.5 Å². The zero-order valence-electron chi connectivity index (χ0n) is 14.6. The highest BCUT2D eigenvalue weighted by molar-refractivity contribution is 5.78. The number of carbonyl (C=O) groups is 1. The van der Waals surface area contributed by atoms with E-state index in [1.165, 1.54) is 43.2 Å². The molecule has 2 atom stereocenters. The number of aryl methyl sites for hydroxylation is 1. The molecule has 1 N–H and O–H groups in total. The van der Waals surface area contributed by atoms with Crippen LogP contribution in [0.2, 0.25) is 0 Å². The van der Waals surface area contributed by atoms with Gasteiger partial charge in [-0.1, -0.05) is 43.2 Å². The van der Waals surface area contributed by atoms with E-state index in [1.807, 2.05) is 0 Å². The quantitative estimate of drug-likeness (QED) is 0.868. The molecule has 0 spiro atoms. The predicted octanol–water partition coefficient (Wildman–Crippen LogP) is 3.68. The molecule has 23 heavy (non-hydrogen) atoms. The molecule has 3 nitrogen and oxygen atoms in total. The Morgan fingerprint density at radius 3 is 2.43 bits per heavy atom. The van der Waals surface area contributed by atoms with Gasteiger partial charge in [-0.15, -0.1) is 0 Å². The topological polar surface area (TPSA) is 32.3 Å². The van der Waals surface area contributed by atoms with Gasteiger partial charge in [0.2, 0.25) is 5.91 Å². The van der Waals surface area contributed by atoms with Crippen LogP contribution in [-0.4, -0.2) is 30.4 Å². The van der Waals surface area contributed by atoms with Gasteiger partial charge >= 0.3 is 0 Å². The van der Waals surface area contributed by atoms with Crippen molar-refractivity contribution in [2.45, 2.75) is 52.0 Å². The van der Waals surface area contributed by atoms with Crippen LogP contribution in [0.15, 0.2) is 24.3 Å². The van der Waals surface area contributed by atoms with Crippen LogP contribution in [0.5, 0.6) is 0 Å². The summed E-state index contributed by atoms with van der Waals surface area (Å²) in [6, 6.07) is 9.13. The highest BCUT2D eigenvalue weighted by atomic mass is 16.1. The van der Waals surface area contributed by atoms with E-state index in [-0.39, 0.29) is 11.8 Å². The van der Waals surface area contributed by atoms with Crippen molar-refractivity contribution in [2.75, 3.05) is 19.6 Å². The van der Waals surface area contributed by atoms with E-state index in [9.17, 15) is 4.79 Å². The number of nitrogens with zero attached hydrogens (tertiary/aromatic N) is 1. The Morgan fingerprint density at radius 2 is 1.83 bits per heavy atom. The van der Waals surface area contributed by atoms with Crippen molar-refractivity contribution >= 4 is 5.91 Å². The summed E-state index contributed by atoms with van der Waals surface area (Å²) in [5.74, 6) is 1.04. The molecule has 1 saturated carbocycles. The fourth-order valence-corrected chi connectivity index (χ4v) is 3.64. The number of benzene rings is 1. The summed E-state index contributed by atoms with van der Waals surface area (Å²) in [6.45, 7) is 7.23. The predicted molar refractivity (Wildman–Crippen MR) is 94.2 cm³/mol. The number of carbonyl (C=O) groups excluding carboxylic acids is 1. The van der Waals surface area contributed by atoms with E-state index >= 15 is 0 Å². The molecule has 1 aliphatic carbocycles. The van der Waals surface area contributed by atoms with E-state index in [1.54, 1.807) is 0 Å². The number of hydrogen-bond acceptors (Lipinski definition) is 2. The first-order chi connectivity index (χ1) is 11.1. The van der Waals surface area contributed by atoms with Gasteiger partial charge in [0.15, 0.2) is 0 Å². The molecule has 2 fully saturated rings. The lowest BCUT2D eigenvalue weighted by atomic mass is 10.00. The minimum Gasteiger partial charge on any atom is -0.354 e. The number of likely N-dealkylation sites (tertiary alicyclic amines) is 1. The second-order valence-electron chi connectivity index (χ2n) is 7.39. The third-order valence-corrected chi connectivity index (χ3v) is 5.51. The summed E-state index contributed by atoms with van der Waals surface area (Å²) in [5.41, 5.74) is 2.62. The molecule has 1 aromatic rings. The smallest absolute Gasteiger partial charge is 0.223 e. The van der Waals surface area contributed by atoms with Crippen LogP contribution in [0.4, 0.5) is 0 Å². The van der Waals surface area contributed by atoms with Crippen LogP contribution in [0, 0.1) is 18.8 Å². The van der Waals surface area contributed by atoms with Crippen molar-refractivity contribution in [1.82, 2.24) is 10.2 Å². The Hall–Kier alpha value is -1.35. The third kappa shape index (κ3) is 4.35. The van der Waals surface area contributed by atoms with Crippen LogP contribution in [0.1, 0.15) is 56.2 Å². The van der Waals surface area contributed by atoms with Crippen molar-refractivity contribution in [3.63, 3.8) is 0 Å². The normalized spacial score (nSPS) is 21.7. The minimum atomic E-state index is 0.176. The van der Waals surface area contributed by atoms with Crippen molar-refractivity contribution < 1.29 is 4.79 Å². The van der Waals surface area contributed by atoms with Gasteiger partial charge in [0.25, 0.3) is 0 Å². The van der Waals surface area contributed by atoms with Crippen LogP contribution in [-0.2, 0) is 4.79 Å². The molecule has 1 heterocycles. The molecule has 0 radical (unpaired) electrons. The molecule has 3 heteroatoms. The van der Waals surface area contributed by atoms with Crippen molar-refractivity contribution in [1.29, 1.82) is 0 Å². The van der Waals surface area contributed by atoms with E-state index in [2.05, 4.69) is 48.3 Å². The maximum atomic E-state index is 12.4. The molecule has 0 aromatic heterocycles. The molecule has 1 aliphatic heterocycles. The van der Waals surface area contributed by atoms with Gasteiger partial charge in [-0.2, -0.15) is 0 Å². The summed E-state index contributed by atoms with van der Waals surface area (Å²) in [6.07, 6.45) is 6.33. The Balaban J connectivity index is 1.66. The van der Waals surface area contributed by atoms with E-state index in [0.717, 1.165) is 19.6 Å². The van der Waals surface area contributed by atoms with Gasteiger partial charge in [0.1, 0.15) is 0 Å². The lowest BCUT2D eigenvalue weighted by molar-refractivity contribution is -0.125. The Labute approximate surface area is 140 Å². The van der Waals surface area contributed by atoms with Gasteiger partial charge in [-0.25, -0.2) is 0 Å². The summed E-state index contributed by atoms with van der Waals surface area (Å²) < 4.78 is 0. The zero-order chi connectivity index (χ0) is 16.2. The van der Waals surface area contributed by atoms with Gasteiger partial charge in [-0.05, 0) is 57.2 Å². The Morgan fingerprint density at radius 1 is 1.17 bits per heavy atom. The Kier molecular flexibility index (Phi) is 5.37. The number of amides is 1. The highest BCUT2D eigenvalue weighted by Crippen LogP contribution is 2.36. The van der Waals surface area contributed by atoms with Crippen LogP contribution in [0.25, 0.3) is 0 Å². The molecular formula is C20H30N2O. The molecule has 126 valence electrons. The Bertz CT molecular complexity index is 515. The third-order valence-electron chi connectivity index (χ3n) is 5.51. The summed E-state index contributed by atoms with van der Waals surface area (Å²) >= 11 is 0. The second kappa shape index (κ2) is 7.48. The van der Waals surface area contributed by atoms with Crippen molar-refractivity contribution in [2.24, 2.45) is 11.8 Å². The number of nitrogens with one attached hydrogen (secondary N) is 1. The number of rotatable bonds is 6. The number of hydrogen-bond donors (Lipinski definition) is 1. The van der Waals surface area contributed by atoms with Gasteiger partial charge in [-0.3, -0.25) is 9.69 Å². The molecule has 2 aliphatic rings. The standard InChI is InChI=1S/C20H30N2O/c1-15-6-8-18(9-7-15)19(22-12-4-3-5-13-22)14-21-20(23)16(2)17-10-11-17/h6-9,16-17,19H,3-5,10-14H2,1-2H3,(H,21,23). The molecular weight excluding hydrogens is 284 g/mol. The molecule has 3 rings (SSSR count). The SMILES string of the molecule is Cc1ccc(C(CNC(=O)C(C)C2CC2)N2CCCCC2)cc1. The van der Waals surface area contributed by atoms with Gasteiger partial charge in [0.05, 0.1) is 6.04 Å². The van der Waals surface area contributed by atoms with E-state index in [4.69, 9.17) is 0 Å². The lowest BCUT2D eigenvalue weighted by Crippen LogP contribution is -2.42. The second-order valence-corrected chi connectivity index (χ2v) is 7.39. The van der Waals surface area contributed by atoms with E-state index in [0.29, 0.717) is 12.0 Å². The zero-order valence-corrected chi connectivity index (χ0v) is 14.6. The van der Waals surface area contributed by atoms with Crippen molar-refractivity contribution in [3.8, 4) is 0 Å². The fraction of sp³-hybridized carbons (Fsp3) is 0.650. The van der Waals surface area contributed by atoms with Crippen molar-refractivity contribution in [3.05, 3.63) is 35.4 Å². The van der Waals surface area contributed by atoms with Crippen LogP contribution in [0.3, 0.4) is 0 Å².